The lowest BCUT2D eigenvalue weighted by Crippen LogP contribution is -2.25. The Labute approximate surface area is 151 Å². The zero-order valence-electron chi connectivity index (χ0n) is 14.6. The van der Waals surface area contributed by atoms with Gasteiger partial charge in [0.15, 0.2) is 6.61 Å². The number of amides is 2. The van der Waals surface area contributed by atoms with Crippen LogP contribution in [-0.2, 0) is 20.7 Å². The molecular formula is C19H19N3O4. The molecule has 3 rings (SSSR count). The SMILES string of the molecule is CC(=O)N1CCc2cc(NC(=O)COC(=O)c3ccc(C)nc3)ccc21. The summed E-state index contributed by atoms with van der Waals surface area (Å²) >= 11 is 0. The first-order chi connectivity index (χ1) is 12.4. The molecule has 1 aliphatic heterocycles. The second-order valence-corrected chi connectivity index (χ2v) is 6.08. The molecule has 0 bridgehead atoms. The average Bonchev–Trinajstić information content (AvgIpc) is 3.03. The van der Waals surface area contributed by atoms with E-state index in [1.807, 2.05) is 19.1 Å². The van der Waals surface area contributed by atoms with Crippen LogP contribution in [0.25, 0.3) is 0 Å². The van der Waals surface area contributed by atoms with Gasteiger partial charge in [0.05, 0.1) is 5.56 Å². The number of nitrogens with zero attached hydrogens (tertiary/aromatic N) is 2. The van der Waals surface area contributed by atoms with Gasteiger partial charge >= 0.3 is 5.97 Å². The molecule has 2 amide bonds. The molecule has 0 saturated carbocycles. The van der Waals surface area contributed by atoms with Crippen molar-refractivity contribution < 1.29 is 19.1 Å². The Hall–Kier alpha value is -3.22. The number of carbonyl (C=O) groups is 3. The molecule has 2 aromatic rings. The minimum atomic E-state index is -0.598. The molecule has 0 atom stereocenters. The summed E-state index contributed by atoms with van der Waals surface area (Å²) in [6.07, 6.45) is 2.16. The Morgan fingerprint density at radius 3 is 2.73 bits per heavy atom. The molecular weight excluding hydrogens is 334 g/mol. The fraction of sp³-hybridized carbons (Fsp3) is 0.263. The number of nitrogens with one attached hydrogen (secondary N) is 1. The number of anilines is 2. The van der Waals surface area contributed by atoms with Crippen molar-refractivity contribution in [2.45, 2.75) is 20.3 Å². The number of pyridine rings is 1. The molecule has 7 nitrogen and oxygen atoms in total. The van der Waals surface area contributed by atoms with E-state index in [0.717, 1.165) is 23.4 Å². The number of aromatic nitrogens is 1. The normalized spacial score (nSPS) is 12.5. The van der Waals surface area contributed by atoms with Crippen molar-refractivity contribution >= 4 is 29.2 Å². The standard InChI is InChI=1S/C19H19N3O4/c1-12-3-4-15(10-20-12)19(25)26-11-18(24)21-16-5-6-17-14(9-16)7-8-22(17)13(2)23/h3-6,9-10H,7-8,11H2,1-2H3,(H,21,24). The van der Waals surface area contributed by atoms with Gasteiger partial charge in [-0.05, 0) is 49.2 Å². The summed E-state index contributed by atoms with van der Waals surface area (Å²) in [6, 6.07) is 8.67. The van der Waals surface area contributed by atoms with Gasteiger partial charge < -0.3 is 15.0 Å². The lowest BCUT2D eigenvalue weighted by atomic mass is 10.1. The number of hydrogen-bond acceptors (Lipinski definition) is 5. The van der Waals surface area contributed by atoms with Gasteiger partial charge in [-0.3, -0.25) is 14.6 Å². The second-order valence-electron chi connectivity index (χ2n) is 6.08. The van der Waals surface area contributed by atoms with Crippen molar-refractivity contribution in [1.82, 2.24) is 4.98 Å². The quantitative estimate of drug-likeness (QED) is 0.851. The molecule has 0 radical (unpaired) electrons. The minimum absolute atomic E-state index is 0.00181. The van der Waals surface area contributed by atoms with Gasteiger partial charge in [-0.2, -0.15) is 0 Å². The minimum Gasteiger partial charge on any atom is -0.452 e. The van der Waals surface area contributed by atoms with Crippen molar-refractivity contribution in [3.8, 4) is 0 Å². The summed E-state index contributed by atoms with van der Waals surface area (Å²) in [5.41, 5.74) is 3.56. The molecule has 134 valence electrons. The molecule has 0 fully saturated rings. The third-order valence-electron chi connectivity index (χ3n) is 4.12. The number of ether oxygens (including phenoxy) is 1. The van der Waals surface area contributed by atoms with Gasteiger partial charge in [-0.1, -0.05) is 0 Å². The maximum atomic E-state index is 12.0. The van der Waals surface area contributed by atoms with Gasteiger partial charge in [0.2, 0.25) is 5.91 Å². The van der Waals surface area contributed by atoms with Crippen LogP contribution in [0, 0.1) is 6.92 Å². The number of aryl methyl sites for hydroxylation is 1. The van der Waals surface area contributed by atoms with E-state index >= 15 is 0 Å². The lowest BCUT2D eigenvalue weighted by Gasteiger charge is -2.15. The summed E-state index contributed by atoms with van der Waals surface area (Å²) in [5.74, 6) is -1.03. The predicted molar refractivity (Wildman–Crippen MR) is 96.1 cm³/mol. The summed E-state index contributed by atoms with van der Waals surface area (Å²) < 4.78 is 5.00. The molecule has 0 aliphatic carbocycles. The summed E-state index contributed by atoms with van der Waals surface area (Å²) in [4.78, 5) is 41.2. The van der Waals surface area contributed by atoms with Crippen molar-refractivity contribution in [3.05, 3.63) is 53.3 Å². The molecule has 0 saturated heterocycles. The molecule has 1 N–H and O–H groups in total. The smallest absolute Gasteiger partial charge is 0.340 e. The highest BCUT2D eigenvalue weighted by molar-refractivity contribution is 5.97. The van der Waals surface area contributed by atoms with Gasteiger partial charge in [-0.25, -0.2) is 4.79 Å². The van der Waals surface area contributed by atoms with E-state index in [1.54, 1.807) is 23.1 Å². The van der Waals surface area contributed by atoms with Crippen molar-refractivity contribution in [1.29, 1.82) is 0 Å². The highest BCUT2D eigenvalue weighted by Gasteiger charge is 2.22. The highest BCUT2D eigenvalue weighted by Crippen LogP contribution is 2.30. The Bertz CT molecular complexity index is 862. The molecule has 1 aromatic carbocycles. The molecule has 7 heteroatoms. The zero-order chi connectivity index (χ0) is 18.7. The molecule has 0 spiro atoms. The zero-order valence-corrected chi connectivity index (χ0v) is 14.6. The molecule has 2 heterocycles. The number of carbonyl (C=O) groups excluding carboxylic acids is 3. The van der Waals surface area contributed by atoms with E-state index in [9.17, 15) is 14.4 Å². The van der Waals surface area contributed by atoms with Gasteiger partial charge in [-0.15, -0.1) is 0 Å². The van der Waals surface area contributed by atoms with Crippen molar-refractivity contribution in [2.24, 2.45) is 0 Å². The number of rotatable bonds is 4. The van der Waals surface area contributed by atoms with Crippen molar-refractivity contribution in [2.75, 3.05) is 23.4 Å². The van der Waals surface area contributed by atoms with E-state index in [1.165, 1.54) is 13.1 Å². The van der Waals surface area contributed by atoms with Gasteiger partial charge in [0.1, 0.15) is 0 Å². The van der Waals surface area contributed by atoms with Crippen LogP contribution in [0.4, 0.5) is 11.4 Å². The summed E-state index contributed by atoms with van der Waals surface area (Å²) in [7, 11) is 0. The monoisotopic (exact) mass is 353 g/mol. The van der Waals surface area contributed by atoms with E-state index in [2.05, 4.69) is 10.3 Å². The fourth-order valence-electron chi connectivity index (χ4n) is 2.81. The van der Waals surface area contributed by atoms with Crippen molar-refractivity contribution in [3.63, 3.8) is 0 Å². The third kappa shape index (κ3) is 3.88. The average molecular weight is 353 g/mol. The third-order valence-corrected chi connectivity index (χ3v) is 4.12. The van der Waals surface area contributed by atoms with E-state index in [0.29, 0.717) is 17.8 Å². The second kappa shape index (κ2) is 7.35. The number of benzene rings is 1. The van der Waals surface area contributed by atoms with Gasteiger partial charge in [0, 0.05) is 36.7 Å². The van der Waals surface area contributed by atoms with Crippen LogP contribution in [0.3, 0.4) is 0 Å². The molecule has 1 aromatic heterocycles. The summed E-state index contributed by atoms with van der Waals surface area (Å²) in [6.45, 7) is 3.60. The fourth-order valence-corrected chi connectivity index (χ4v) is 2.81. The van der Waals surface area contributed by atoms with Crippen LogP contribution < -0.4 is 10.2 Å². The highest BCUT2D eigenvalue weighted by atomic mass is 16.5. The first kappa shape index (κ1) is 17.6. The first-order valence-corrected chi connectivity index (χ1v) is 8.24. The van der Waals surface area contributed by atoms with Crippen LogP contribution in [-0.4, -0.2) is 35.9 Å². The van der Waals surface area contributed by atoms with Crippen LogP contribution in [0.15, 0.2) is 36.5 Å². The van der Waals surface area contributed by atoms with Crippen LogP contribution in [0.2, 0.25) is 0 Å². The topological polar surface area (TPSA) is 88.6 Å². The maximum absolute atomic E-state index is 12.0. The lowest BCUT2D eigenvalue weighted by molar-refractivity contribution is -0.119. The van der Waals surface area contributed by atoms with Crippen LogP contribution in [0.5, 0.6) is 0 Å². The van der Waals surface area contributed by atoms with E-state index in [4.69, 9.17) is 4.74 Å². The maximum Gasteiger partial charge on any atom is 0.340 e. The Morgan fingerprint density at radius 2 is 2.04 bits per heavy atom. The van der Waals surface area contributed by atoms with E-state index in [-0.39, 0.29) is 12.5 Å². The Balaban J connectivity index is 1.56. The molecule has 1 aliphatic rings. The molecule has 26 heavy (non-hydrogen) atoms. The Morgan fingerprint density at radius 1 is 1.23 bits per heavy atom. The number of esters is 1. The predicted octanol–water partition coefficient (Wildman–Crippen LogP) is 2.09. The van der Waals surface area contributed by atoms with Crippen LogP contribution in [0.1, 0.15) is 28.5 Å². The molecule has 0 unspecified atom stereocenters. The van der Waals surface area contributed by atoms with Crippen LogP contribution >= 0.6 is 0 Å². The van der Waals surface area contributed by atoms with E-state index < -0.39 is 11.9 Å². The summed E-state index contributed by atoms with van der Waals surface area (Å²) in [5, 5.41) is 2.70. The number of hydrogen-bond donors (Lipinski definition) is 1. The first-order valence-electron chi connectivity index (χ1n) is 8.24. The number of fused-ring (bicyclic) bond motifs is 1. The largest absolute Gasteiger partial charge is 0.452 e. The Kier molecular flexibility index (Phi) is 4.97. The van der Waals surface area contributed by atoms with Gasteiger partial charge in [0.25, 0.3) is 5.91 Å².